The Kier molecular flexibility index (Phi) is 5.60. The molecule has 2 rings (SSSR count). The van der Waals surface area contributed by atoms with E-state index in [1.807, 2.05) is 0 Å². The van der Waals surface area contributed by atoms with Gasteiger partial charge in [0.15, 0.2) is 0 Å². The van der Waals surface area contributed by atoms with Crippen LogP contribution in [0, 0.1) is 0 Å². The van der Waals surface area contributed by atoms with Crippen molar-refractivity contribution in [2.24, 2.45) is 0 Å². The number of nitrogens with zero attached hydrogens (tertiary/aromatic N) is 1. The van der Waals surface area contributed by atoms with Crippen molar-refractivity contribution >= 4 is 5.91 Å². The van der Waals surface area contributed by atoms with E-state index in [9.17, 15) is 4.79 Å². The molecule has 2 atom stereocenters. The van der Waals surface area contributed by atoms with Crippen molar-refractivity contribution in [2.75, 3.05) is 34.0 Å². The SMILES string of the molecule is COCCOCC(=O)NC1CC2CCCC(C1)N2C. The minimum absolute atomic E-state index is 0.00345. The Morgan fingerprint density at radius 1 is 1.26 bits per heavy atom. The maximum absolute atomic E-state index is 11.8. The van der Waals surface area contributed by atoms with Crippen LogP contribution in [0.3, 0.4) is 0 Å². The fourth-order valence-electron chi connectivity index (χ4n) is 3.31. The number of carbonyl (C=O) groups is 1. The molecule has 1 amide bonds. The highest BCUT2D eigenvalue weighted by atomic mass is 16.5. The highest BCUT2D eigenvalue weighted by molar-refractivity contribution is 5.77. The summed E-state index contributed by atoms with van der Waals surface area (Å²) in [5.74, 6) is 0.00345. The molecule has 2 bridgehead atoms. The number of hydrogen-bond donors (Lipinski definition) is 1. The zero-order chi connectivity index (χ0) is 13.7. The van der Waals surface area contributed by atoms with Gasteiger partial charge >= 0.3 is 0 Å². The van der Waals surface area contributed by atoms with Crippen LogP contribution < -0.4 is 5.32 Å². The fourth-order valence-corrected chi connectivity index (χ4v) is 3.31. The monoisotopic (exact) mass is 270 g/mol. The Hall–Kier alpha value is -0.650. The van der Waals surface area contributed by atoms with Gasteiger partial charge in [-0.2, -0.15) is 0 Å². The summed E-state index contributed by atoms with van der Waals surface area (Å²) in [6, 6.07) is 1.62. The number of ether oxygens (including phenoxy) is 2. The van der Waals surface area contributed by atoms with E-state index in [0.29, 0.717) is 31.3 Å². The van der Waals surface area contributed by atoms with Gasteiger partial charge in [0, 0.05) is 25.2 Å². The summed E-state index contributed by atoms with van der Waals surface area (Å²) < 4.78 is 10.1. The molecule has 0 aromatic rings. The number of carbonyl (C=O) groups excluding carboxylic acids is 1. The predicted octanol–water partition coefficient (Wildman–Crippen LogP) is 0.781. The highest BCUT2D eigenvalue weighted by Gasteiger charge is 2.36. The van der Waals surface area contributed by atoms with Gasteiger partial charge in [0.05, 0.1) is 13.2 Å². The van der Waals surface area contributed by atoms with Gasteiger partial charge in [-0.3, -0.25) is 4.79 Å². The van der Waals surface area contributed by atoms with E-state index in [1.165, 1.54) is 19.3 Å². The standard InChI is InChI=1S/C14H26N2O3/c1-16-12-4-3-5-13(16)9-11(8-12)15-14(17)10-19-7-6-18-2/h11-13H,3-10H2,1-2H3,(H,15,17). The minimum Gasteiger partial charge on any atom is -0.382 e. The lowest BCUT2D eigenvalue weighted by Crippen LogP contribution is -2.55. The summed E-state index contributed by atoms with van der Waals surface area (Å²) in [5, 5.41) is 3.11. The van der Waals surface area contributed by atoms with Gasteiger partial charge in [-0.15, -0.1) is 0 Å². The number of hydrogen-bond acceptors (Lipinski definition) is 4. The molecule has 0 radical (unpaired) electrons. The lowest BCUT2D eigenvalue weighted by Gasteiger charge is -2.47. The topological polar surface area (TPSA) is 50.8 Å². The van der Waals surface area contributed by atoms with Crippen LogP contribution in [-0.4, -0.2) is 62.9 Å². The van der Waals surface area contributed by atoms with Crippen molar-refractivity contribution in [1.82, 2.24) is 10.2 Å². The average molecular weight is 270 g/mol. The molecule has 0 spiro atoms. The zero-order valence-corrected chi connectivity index (χ0v) is 12.1. The van der Waals surface area contributed by atoms with E-state index in [1.54, 1.807) is 7.11 Å². The van der Waals surface area contributed by atoms with Gasteiger partial charge in [-0.25, -0.2) is 0 Å². The van der Waals surface area contributed by atoms with Crippen LogP contribution in [-0.2, 0) is 14.3 Å². The molecule has 0 aromatic heterocycles. The Bertz CT molecular complexity index is 284. The molecule has 110 valence electrons. The van der Waals surface area contributed by atoms with Crippen LogP contribution in [0.5, 0.6) is 0 Å². The Morgan fingerprint density at radius 3 is 2.58 bits per heavy atom. The third-order valence-corrected chi connectivity index (χ3v) is 4.37. The first-order valence-electron chi connectivity index (χ1n) is 7.28. The first-order valence-corrected chi connectivity index (χ1v) is 7.28. The van der Waals surface area contributed by atoms with Crippen LogP contribution in [0.25, 0.3) is 0 Å². The maximum Gasteiger partial charge on any atom is 0.246 e. The van der Waals surface area contributed by atoms with Gasteiger partial charge < -0.3 is 19.7 Å². The number of nitrogens with one attached hydrogen (secondary N) is 1. The zero-order valence-electron chi connectivity index (χ0n) is 12.1. The van der Waals surface area contributed by atoms with Crippen molar-refractivity contribution < 1.29 is 14.3 Å². The van der Waals surface area contributed by atoms with Gasteiger partial charge in [-0.1, -0.05) is 6.42 Å². The first kappa shape index (κ1) is 14.8. The second kappa shape index (κ2) is 7.22. The van der Waals surface area contributed by atoms with Crippen LogP contribution >= 0.6 is 0 Å². The van der Waals surface area contributed by atoms with E-state index in [2.05, 4.69) is 17.3 Å². The third-order valence-electron chi connectivity index (χ3n) is 4.37. The third kappa shape index (κ3) is 4.16. The number of methoxy groups -OCH3 is 1. The normalized spacial score (nSPS) is 31.2. The summed E-state index contributed by atoms with van der Waals surface area (Å²) in [6.45, 7) is 1.15. The molecule has 2 saturated heterocycles. The average Bonchev–Trinajstić information content (AvgIpc) is 2.36. The molecule has 19 heavy (non-hydrogen) atoms. The van der Waals surface area contributed by atoms with Gasteiger partial charge in [0.1, 0.15) is 6.61 Å². The first-order chi connectivity index (χ1) is 9.20. The maximum atomic E-state index is 11.8. The van der Waals surface area contributed by atoms with Gasteiger partial charge in [-0.05, 0) is 32.7 Å². The highest BCUT2D eigenvalue weighted by Crippen LogP contribution is 2.32. The molecule has 5 nitrogen and oxygen atoms in total. The molecule has 0 aromatic carbocycles. The smallest absolute Gasteiger partial charge is 0.246 e. The van der Waals surface area contributed by atoms with Crippen LogP contribution in [0.15, 0.2) is 0 Å². The summed E-state index contributed by atoms with van der Waals surface area (Å²) in [7, 11) is 3.85. The van der Waals surface area contributed by atoms with E-state index in [4.69, 9.17) is 9.47 Å². The summed E-state index contributed by atoms with van der Waals surface area (Å²) in [4.78, 5) is 14.3. The fraction of sp³-hybridized carbons (Fsp3) is 0.929. The molecular weight excluding hydrogens is 244 g/mol. The van der Waals surface area contributed by atoms with E-state index in [-0.39, 0.29) is 12.5 Å². The van der Waals surface area contributed by atoms with Crippen LogP contribution in [0.1, 0.15) is 32.1 Å². The van der Waals surface area contributed by atoms with Crippen LogP contribution in [0.4, 0.5) is 0 Å². The molecule has 1 N–H and O–H groups in total. The number of piperidine rings is 2. The summed E-state index contributed by atoms with van der Waals surface area (Å²) >= 11 is 0. The molecule has 0 aliphatic carbocycles. The minimum atomic E-state index is 0.00345. The molecule has 0 saturated carbocycles. The Labute approximate surface area is 115 Å². The number of rotatable bonds is 6. The van der Waals surface area contributed by atoms with Gasteiger partial charge in [0.25, 0.3) is 0 Å². The van der Waals surface area contributed by atoms with Crippen molar-refractivity contribution in [3.05, 3.63) is 0 Å². The molecule has 5 heteroatoms. The summed E-state index contributed by atoms with van der Waals surface area (Å²) in [5.41, 5.74) is 0. The quantitative estimate of drug-likeness (QED) is 0.725. The Morgan fingerprint density at radius 2 is 1.95 bits per heavy atom. The summed E-state index contributed by atoms with van der Waals surface area (Å²) in [6.07, 6.45) is 6.03. The van der Waals surface area contributed by atoms with Gasteiger partial charge in [0.2, 0.25) is 5.91 Å². The van der Waals surface area contributed by atoms with Crippen molar-refractivity contribution in [2.45, 2.75) is 50.2 Å². The van der Waals surface area contributed by atoms with E-state index >= 15 is 0 Å². The number of fused-ring (bicyclic) bond motifs is 2. The van der Waals surface area contributed by atoms with Crippen molar-refractivity contribution in [3.8, 4) is 0 Å². The second-order valence-electron chi connectivity index (χ2n) is 5.69. The van der Waals surface area contributed by atoms with Crippen molar-refractivity contribution in [1.29, 1.82) is 0 Å². The molecule has 2 heterocycles. The number of amides is 1. The van der Waals surface area contributed by atoms with E-state index < -0.39 is 0 Å². The molecule has 2 aliphatic rings. The molecule has 2 aliphatic heterocycles. The second-order valence-corrected chi connectivity index (χ2v) is 5.69. The lowest BCUT2D eigenvalue weighted by molar-refractivity contribution is -0.127. The lowest BCUT2D eigenvalue weighted by atomic mass is 9.82. The molecular formula is C14H26N2O3. The van der Waals surface area contributed by atoms with E-state index in [0.717, 1.165) is 12.8 Å². The molecule has 2 unspecified atom stereocenters. The van der Waals surface area contributed by atoms with Crippen LogP contribution in [0.2, 0.25) is 0 Å². The largest absolute Gasteiger partial charge is 0.382 e. The van der Waals surface area contributed by atoms with Crippen molar-refractivity contribution in [3.63, 3.8) is 0 Å². The predicted molar refractivity (Wildman–Crippen MR) is 73.0 cm³/mol. The Balaban J connectivity index is 1.70. The molecule has 2 fully saturated rings.